The molecule has 3 heterocycles. The fourth-order valence-corrected chi connectivity index (χ4v) is 10.7. The van der Waals surface area contributed by atoms with Gasteiger partial charge in [0.2, 0.25) is 0 Å². The minimum atomic E-state index is -0.950. The summed E-state index contributed by atoms with van der Waals surface area (Å²) < 4.78 is 12.1. The quantitative estimate of drug-likeness (QED) is 0.388. The number of aliphatic hydroxyl groups is 1. The molecule has 9 atom stereocenters. The number of esters is 1. The van der Waals surface area contributed by atoms with Gasteiger partial charge in [-0.2, -0.15) is 0 Å². The molecule has 4 aliphatic carbocycles. The van der Waals surface area contributed by atoms with E-state index in [9.17, 15) is 9.90 Å². The lowest BCUT2D eigenvalue weighted by Gasteiger charge is -2.74. The van der Waals surface area contributed by atoms with E-state index in [1.165, 1.54) is 32.1 Å². The minimum Gasteiger partial charge on any atom is -0.454 e. The predicted octanol–water partition coefficient (Wildman–Crippen LogP) is 6.19. The third-order valence-electron chi connectivity index (χ3n) is 12.9. The molecule has 0 amide bonds. The second-order valence-corrected chi connectivity index (χ2v) is 13.9. The van der Waals surface area contributed by atoms with Gasteiger partial charge in [0.05, 0.1) is 6.61 Å². The summed E-state index contributed by atoms with van der Waals surface area (Å²) in [5.74, 6) is 1.11. The summed E-state index contributed by atoms with van der Waals surface area (Å²) >= 11 is 0. The van der Waals surface area contributed by atoms with Gasteiger partial charge in [0, 0.05) is 29.2 Å². The van der Waals surface area contributed by atoms with E-state index in [2.05, 4.69) is 34.3 Å². The Hall–Kier alpha value is -1.13. The van der Waals surface area contributed by atoms with Gasteiger partial charge in [-0.3, -0.25) is 0 Å². The van der Waals surface area contributed by atoms with E-state index in [-0.39, 0.29) is 33.7 Å². The Morgan fingerprint density at radius 3 is 2.41 bits per heavy atom. The van der Waals surface area contributed by atoms with Gasteiger partial charge in [0.15, 0.2) is 5.79 Å². The Labute approximate surface area is 205 Å². The van der Waals surface area contributed by atoms with Crippen LogP contribution < -0.4 is 0 Å². The molecule has 4 nitrogen and oxygen atoms in total. The number of hydrogen-bond acceptors (Lipinski definition) is 4. The summed E-state index contributed by atoms with van der Waals surface area (Å²) in [5, 5.41) is 11.3. The number of carbonyl (C=O) groups excluding carboxylic acids is 1. The van der Waals surface area contributed by atoms with Gasteiger partial charge in [0.25, 0.3) is 0 Å². The maximum Gasteiger partial charge on any atom is 0.333 e. The Morgan fingerprint density at radius 1 is 1.00 bits per heavy atom. The molecule has 0 aromatic rings. The number of ether oxygens (including phenoxy) is 2. The van der Waals surface area contributed by atoms with Gasteiger partial charge >= 0.3 is 5.97 Å². The zero-order valence-corrected chi connectivity index (χ0v) is 21.9. The molecule has 7 aliphatic rings. The molecule has 6 fully saturated rings. The lowest BCUT2D eigenvalue weighted by Crippen LogP contribution is -2.73. The molecule has 0 aromatic carbocycles. The van der Waals surface area contributed by atoms with Crippen LogP contribution >= 0.6 is 0 Å². The first-order valence-electron chi connectivity index (χ1n) is 13.8. The summed E-state index contributed by atoms with van der Waals surface area (Å²) in [4.78, 5) is 12.2. The van der Waals surface area contributed by atoms with Crippen LogP contribution in [0.25, 0.3) is 0 Å². The van der Waals surface area contributed by atoms with Crippen LogP contribution in [-0.2, 0) is 14.3 Å². The van der Waals surface area contributed by atoms with Gasteiger partial charge in [0.1, 0.15) is 6.10 Å². The van der Waals surface area contributed by atoms with Crippen molar-refractivity contribution in [3.8, 4) is 0 Å². The third kappa shape index (κ3) is 2.60. The normalized spacial score (nSPS) is 53.3. The van der Waals surface area contributed by atoms with Crippen molar-refractivity contribution in [1.29, 1.82) is 0 Å². The topological polar surface area (TPSA) is 55.8 Å². The number of carbonyl (C=O) groups is 1. The maximum atomic E-state index is 12.2. The van der Waals surface area contributed by atoms with E-state index in [1.54, 1.807) is 0 Å². The number of fused-ring (bicyclic) bond motifs is 5. The van der Waals surface area contributed by atoms with E-state index < -0.39 is 5.79 Å². The molecule has 1 spiro atoms. The summed E-state index contributed by atoms with van der Waals surface area (Å²) in [5.41, 5.74) is 2.43. The fourth-order valence-electron chi connectivity index (χ4n) is 10.7. The number of hydrogen-bond donors (Lipinski definition) is 1. The van der Waals surface area contributed by atoms with Crippen LogP contribution in [0, 0.1) is 45.3 Å². The maximum absolute atomic E-state index is 12.2. The Kier molecular flexibility index (Phi) is 4.79. The monoisotopic (exact) mass is 468 g/mol. The standard InChI is InChI=1S/C30H44O4/c1-18-7-9-22(34-25(18)31)19(2)20-11-13-27(5)21(20)8-10-24-28(27,6)14-12-23-26(3,4)30(32)16-15-29(23,24)17-33-30/h7,20-24,32H,2,8-17H2,1,3-6H3/t20-,21+,22-,23+,24-,27+,28+,29+,30-/m0/s1. The van der Waals surface area contributed by atoms with Crippen molar-refractivity contribution in [3.05, 3.63) is 23.8 Å². The zero-order valence-electron chi connectivity index (χ0n) is 21.9. The van der Waals surface area contributed by atoms with Gasteiger partial charge in [-0.25, -0.2) is 4.79 Å². The Bertz CT molecular complexity index is 953. The van der Waals surface area contributed by atoms with Crippen LogP contribution in [-0.4, -0.2) is 29.6 Å². The second-order valence-electron chi connectivity index (χ2n) is 13.9. The van der Waals surface area contributed by atoms with Crippen molar-refractivity contribution in [1.82, 2.24) is 0 Å². The highest BCUT2D eigenvalue weighted by Crippen LogP contribution is 2.77. The van der Waals surface area contributed by atoms with Gasteiger partial charge in [-0.1, -0.05) is 40.3 Å². The number of cyclic esters (lactones) is 1. The predicted molar refractivity (Wildman–Crippen MR) is 132 cm³/mol. The first kappa shape index (κ1) is 23.3. The fraction of sp³-hybridized carbons (Fsp3) is 0.833. The van der Waals surface area contributed by atoms with Crippen molar-refractivity contribution in [2.75, 3.05) is 6.61 Å². The highest BCUT2D eigenvalue weighted by atomic mass is 16.6. The smallest absolute Gasteiger partial charge is 0.333 e. The summed E-state index contributed by atoms with van der Waals surface area (Å²) in [7, 11) is 0. The molecule has 4 heteroatoms. The van der Waals surface area contributed by atoms with Gasteiger partial charge in [-0.05, 0) is 91.9 Å². The van der Waals surface area contributed by atoms with Crippen LogP contribution in [0.4, 0.5) is 0 Å². The zero-order chi connectivity index (χ0) is 24.3. The molecule has 0 aromatic heterocycles. The molecule has 0 radical (unpaired) electrons. The van der Waals surface area contributed by atoms with E-state index in [1.807, 2.05) is 13.0 Å². The van der Waals surface area contributed by atoms with E-state index in [0.717, 1.165) is 43.4 Å². The minimum absolute atomic E-state index is 0.160. The van der Waals surface area contributed by atoms with Crippen LogP contribution in [0.5, 0.6) is 0 Å². The molecule has 4 saturated carbocycles. The van der Waals surface area contributed by atoms with Crippen molar-refractivity contribution in [3.63, 3.8) is 0 Å². The second kappa shape index (κ2) is 7.00. The Balaban J connectivity index is 1.30. The molecular weight excluding hydrogens is 424 g/mol. The molecule has 3 aliphatic heterocycles. The molecule has 1 N–H and O–H groups in total. The first-order valence-corrected chi connectivity index (χ1v) is 13.8. The lowest BCUT2D eigenvalue weighted by molar-refractivity contribution is -0.398. The molecule has 0 unspecified atom stereocenters. The summed E-state index contributed by atoms with van der Waals surface area (Å²) in [6.07, 6.45) is 11.9. The van der Waals surface area contributed by atoms with E-state index >= 15 is 0 Å². The van der Waals surface area contributed by atoms with Crippen LogP contribution in [0.1, 0.15) is 92.4 Å². The van der Waals surface area contributed by atoms with Crippen molar-refractivity contribution < 1.29 is 19.4 Å². The molecular formula is C30H44O4. The Morgan fingerprint density at radius 2 is 1.74 bits per heavy atom. The van der Waals surface area contributed by atoms with Crippen molar-refractivity contribution >= 4 is 5.97 Å². The molecule has 2 saturated heterocycles. The lowest BCUT2D eigenvalue weighted by atomic mass is 9.34. The molecule has 34 heavy (non-hydrogen) atoms. The summed E-state index contributed by atoms with van der Waals surface area (Å²) in [6, 6.07) is 0. The van der Waals surface area contributed by atoms with E-state index in [4.69, 9.17) is 9.47 Å². The average Bonchev–Trinajstić information content (AvgIpc) is 3.15. The molecule has 2 bridgehead atoms. The van der Waals surface area contributed by atoms with Crippen molar-refractivity contribution in [2.45, 2.75) is 104 Å². The van der Waals surface area contributed by atoms with Gasteiger partial charge in [-0.15, -0.1) is 0 Å². The van der Waals surface area contributed by atoms with E-state index in [0.29, 0.717) is 23.7 Å². The molecule has 188 valence electrons. The third-order valence-corrected chi connectivity index (χ3v) is 12.9. The highest BCUT2D eigenvalue weighted by Gasteiger charge is 2.74. The summed E-state index contributed by atoms with van der Waals surface area (Å²) in [6.45, 7) is 16.8. The number of rotatable bonds is 2. The van der Waals surface area contributed by atoms with Crippen LogP contribution in [0.2, 0.25) is 0 Å². The first-order chi connectivity index (χ1) is 15.9. The molecule has 7 rings (SSSR count). The SMILES string of the molecule is C=C([C@@H]1CC=C(C)C(=O)O1)[C@@H]1CC[C@]2(C)[C@@H]1CC[C@@H]1[C@]34CC[C@](O)(OC3)C(C)(C)[C@H]4CC[C@]12C. The van der Waals surface area contributed by atoms with Crippen molar-refractivity contribution in [2.24, 2.45) is 45.3 Å². The van der Waals surface area contributed by atoms with Crippen LogP contribution in [0.3, 0.4) is 0 Å². The highest BCUT2D eigenvalue weighted by molar-refractivity contribution is 5.88. The van der Waals surface area contributed by atoms with Gasteiger partial charge < -0.3 is 14.6 Å². The van der Waals surface area contributed by atoms with Crippen LogP contribution in [0.15, 0.2) is 23.8 Å². The average molecular weight is 469 g/mol. The largest absolute Gasteiger partial charge is 0.454 e.